The Hall–Kier alpha value is -4.14. The number of nitrogens with zero attached hydrogens (tertiary/aromatic N) is 4. The zero-order chi connectivity index (χ0) is 22.7. The summed E-state index contributed by atoms with van der Waals surface area (Å²) in [4.78, 5) is 12.8. The van der Waals surface area contributed by atoms with Gasteiger partial charge in [0.1, 0.15) is 17.3 Å². The number of rotatable bonds is 7. The van der Waals surface area contributed by atoms with Crippen molar-refractivity contribution < 1.29 is 18.7 Å². The lowest BCUT2D eigenvalue weighted by molar-refractivity contribution is 0.102. The lowest BCUT2D eigenvalue weighted by Gasteiger charge is -2.12. The predicted molar refractivity (Wildman–Crippen MR) is 117 cm³/mol. The van der Waals surface area contributed by atoms with E-state index < -0.39 is 5.82 Å². The summed E-state index contributed by atoms with van der Waals surface area (Å²) in [6.45, 7) is 2.27. The Labute approximate surface area is 184 Å². The van der Waals surface area contributed by atoms with Crippen LogP contribution < -0.4 is 14.8 Å². The average molecular weight is 435 g/mol. The minimum atomic E-state index is -0.425. The summed E-state index contributed by atoms with van der Waals surface area (Å²) in [6, 6.07) is 11.8. The molecule has 0 radical (unpaired) electrons. The maximum Gasteiger partial charge on any atom is 0.260 e. The summed E-state index contributed by atoms with van der Waals surface area (Å²) in [5.41, 5.74) is 2.29. The fourth-order valence-electron chi connectivity index (χ4n) is 3.30. The molecule has 4 aromatic rings. The highest BCUT2D eigenvalue weighted by atomic mass is 19.1. The Morgan fingerprint density at radius 1 is 1.06 bits per heavy atom. The fourth-order valence-corrected chi connectivity index (χ4v) is 3.30. The Bertz CT molecular complexity index is 1260. The molecular weight excluding hydrogens is 413 g/mol. The molecule has 0 saturated carbocycles. The van der Waals surface area contributed by atoms with E-state index in [2.05, 4.69) is 15.5 Å². The Kier molecular flexibility index (Phi) is 5.89. The van der Waals surface area contributed by atoms with Gasteiger partial charge in [-0.05, 0) is 36.8 Å². The normalized spacial score (nSPS) is 10.8. The number of halogens is 1. The molecule has 0 saturated heterocycles. The van der Waals surface area contributed by atoms with Crippen molar-refractivity contribution in [2.24, 2.45) is 0 Å². The van der Waals surface area contributed by atoms with Crippen molar-refractivity contribution in [2.75, 3.05) is 19.5 Å². The first-order valence-electron chi connectivity index (χ1n) is 9.84. The molecule has 0 unspecified atom stereocenters. The number of hydrogen-bond donors (Lipinski definition) is 1. The van der Waals surface area contributed by atoms with Crippen LogP contribution in [0.25, 0.3) is 5.69 Å². The van der Waals surface area contributed by atoms with Crippen molar-refractivity contribution in [2.45, 2.75) is 13.5 Å². The molecule has 2 heterocycles. The van der Waals surface area contributed by atoms with Crippen LogP contribution in [-0.4, -0.2) is 39.7 Å². The zero-order valence-corrected chi connectivity index (χ0v) is 17.9. The van der Waals surface area contributed by atoms with E-state index in [-0.39, 0.29) is 11.6 Å². The van der Waals surface area contributed by atoms with Crippen LogP contribution in [0, 0.1) is 12.7 Å². The monoisotopic (exact) mass is 435 g/mol. The van der Waals surface area contributed by atoms with Crippen molar-refractivity contribution in [1.29, 1.82) is 0 Å². The quantitative estimate of drug-likeness (QED) is 0.477. The highest BCUT2D eigenvalue weighted by Gasteiger charge is 2.16. The van der Waals surface area contributed by atoms with Crippen LogP contribution in [0.1, 0.15) is 21.5 Å². The Morgan fingerprint density at radius 3 is 2.59 bits per heavy atom. The lowest BCUT2D eigenvalue weighted by Crippen LogP contribution is -2.16. The van der Waals surface area contributed by atoms with Crippen LogP contribution in [0.15, 0.2) is 61.1 Å². The number of carbonyl (C=O) groups excluding carboxylic acids is 1. The zero-order valence-electron chi connectivity index (χ0n) is 17.9. The maximum absolute atomic E-state index is 14.0. The molecular formula is C23H22FN5O3. The van der Waals surface area contributed by atoms with Crippen molar-refractivity contribution in [1.82, 2.24) is 19.6 Å². The first-order valence-corrected chi connectivity index (χ1v) is 9.84. The summed E-state index contributed by atoms with van der Waals surface area (Å²) in [5, 5.41) is 11.4. The number of nitrogens with one attached hydrogen (secondary N) is 1. The molecule has 0 aliphatic heterocycles. The van der Waals surface area contributed by atoms with Gasteiger partial charge in [0.15, 0.2) is 11.5 Å². The molecule has 164 valence electrons. The summed E-state index contributed by atoms with van der Waals surface area (Å²) >= 11 is 0. The van der Waals surface area contributed by atoms with Gasteiger partial charge in [0.2, 0.25) is 0 Å². The van der Waals surface area contributed by atoms with Crippen LogP contribution in [0.5, 0.6) is 11.5 Å². The second-order valence-corrected chi connectivity index (χ2v) is 7.10. The lowest BCUT2D eigenvalue weighted by atomic mass is 10.2. The first kappa shape index (κ1) is 21.1. The third-order valence-corrected chi connectivity index (χ3v) is 4.98. The standard InChI is InChI=1S/C23H22FN5O3/c1-15-11-25-29(13-16-8-9-20(31-2)21(10-16)32-3)22(15)27-23(30)17-12-26-28(14-17)19-7-5-4-6-18(19)24/h4-12,14H,13H2,1-3H3,(H,27,30). The van der Waals surface area contributed by atoms with E-state index in [0.717, 1.165) is 11.1 Å². The molecule has 1 amide bonds. The van der Waals surface area contributed by atoms with Gasteiger partial charge in [-0.15, -0.1) is 0 Å². The van der Waals surface area contributed by atoms with Gasteiger partial charge >= 0.3 is 0 Å². The summed E-state index contributed by atoms with van der Waals surface area (Å²) in [5.74, 6) is 1.01. The van der Waals surface area contributed by atoms with Gasteiger partial charge in [-0.1, -0.05) is 18.2 Å². The smallest absolute Gasteiger partial charge is 0.260 e. The van der Waals surface area contributed by atoms with E-state index in [4.69, 9.17) is 9.47 Å². The summed E-state index contributed by atoms with van der Waals surface area (Å²) in [7, 11) is 3.16. The van der Waals surface area contributed by atoms with Gasteiger partial charge in [0, 0.05) is 11.8 Å². The highest BCUT2D eigenvalue weighted by molar-refractivity contribution is 6.03. The average Bonchev–Trinajstić information content (AvgIpc) is 3.42. The molecule has 0 spiro atoms. The molecule has 1 N–H and O–H groups in total. The van der Waals surface area contributed by atoms with Gasteiger partial charge < -0.3 is 14.8 Å². The molecule has 0 aliphatic carbocycles. The van der Waals surface area contributed by atoms with Crippen LogP contribution in [0.4, 0.5) is 10.2 Å². The number of para-hydroxylation sites is 1. The van der Waals surface area contributed by atoms with Crippen LogP contribution in [-0.2, 0) is 6.54 Å². The second-order valence-electron chi connectivity index (χ2n) is 7.10. The topological polar surface area (TPSA) is 83.2 Å². The van der Waals surface area contributed by atoms with E-state index >= 15 is 0 Å². The number of amides is 1. The maximum atomic E-state index is 14.0. The predicted octanol–water partition coefficient (Wildman–Crippen LogP) is 3.83. The molecule has 9 heteroatoms. The second kappa shape index (κ2) is 8.93. The number of anilines is 1. The Morgan fingerprint density at radius 2 is 1.84 bits per heavy atom. The van der Waals surface area contributed by atoms with E-state index in [1.807, 2.05) is 25.1 Å². The van der Waals surface area contributed by atoms with Crippen LogP contribution in [0.2, 0.25) is 0 Å². The molecule has 0 aliphatic rings. The third kappa shape index (κ3) is 4.18. The Balaban J connectivity index is 1.54. The third-order valence-electron chi connectivity index (χ3n) is 4.98. The molecule has 2 aromatic heterocycles. The van der Waals surface area contributed by atoms with Crippen LogP contribution >= 0.6 is 0 Å². The van der Waals surface area contributed by atoms with Gasteiger partial charge in [-0.3, -0.25) is 4.79 Å². The summed E-state index contributed by atoms with van der Waals surface area (Å²) < 4.78 is 27.7. The van der Waals surface area contributed by atoms with Gasteiger partial charge in [0.25, 0.3) is 5.91 Å². The van der Waals surface area contributed by atoms with E-state index in [1.165, 1.54) is 23.1 Å². The van der Waals surface area contributed by atoms with E-state index in [1.54, 1.807) is 43.3 Å². The van der Waals surface area contributed by atoms with Gasteiger partial charge in [-0.2, -0.15) is 10.2 Å². The van der Waals surface area contributed by atoms with Crippen molar-refractivity contribution >= 4 is 11.7 Å². The number of aryl methyl sites for hydroxylation is 1. The number of carbonyl (C=O) groups is 1. The van der Waals surface area contributed by atoms with E-state index in [0.29, 0.717) is 29.4 Å². The van der Waals surface area contributed by atoms with Crippen LogP contribution in [0.3, 0.4) is 0 Å². The van der Waals surface area contributed by atoms with Crippen molar-refractivity contribution in [3.63, 3.8) is 0 Å². The molecule has 0 fully saturated rings. The fraction of sp³-hybridized carbons (Fsp3) is 0.174. The first-order chi connectivity index (χ1) is 15.5. The van der Waals surface area contributed by atoms with Crippen molar-refractivity contribution in [3.8, 4) is 17.2 Å². The number of methoxy groups -OCH3 is 2. The molecule has 4 rings (SSSR count). The van der Waals surface area contributed by atoms with Gasteiger partial charge in [-0.25, -0.2) is 13.8 Å². The highest BCUT2D eigenvalue weighted by Crippen LogP contribution is 2.28. The minimum Gasteiger partial charge on any atom is -0.493 e. The minimum absolute atomic E-state index is 0.265. The van der Waals surface area contributed by atoms with Gasteiger partial charge in [0.05, 0.1) is 38.7 Å². The number of ether oxygens (including phenoxy) is 2. The van der Waals surface area contributed by atoms with Crippen molar-refractivity contribution in [3.05, 3.63) is 83.6 Å². The molecule has 0 bridgehead atoms. The molecule has 32 heavy (non-hydrogen) atoms. The molecule has 2 aromatic carbocycles. The number of aromatic nitrogens is 4. The number of hydrogen-bond acceptors (Lipinski definition) is 5. The SMILES string of the molecule is COc1ccc(Cn2ncc(C)c2NC(=O)c2cnn(-c3ccccc3F)c2)cc1OC. The largest absolute Gasteiger partial charge is 0.493 e. The summed E-state index contributed by atoms with van der Waals surface area (Å²) in [6.07, 6.45) is 4.56. The number of benzene rings is 2. The molecule has 8 nitrogen and oxygen atoms in total. The molecule has 0 atom stereocenters. The van der Waals surface area contributed by atoms with E-state index in [9.17, 15) is 9.18 Å².